The van der Waals surface area contributed by atoms with E-state index >= 15 is 0 Å². The molecule has 3 aromatic rings. The second-order valence-corrected chi connectivity index (χ2v) is 8.22. The molecular weight excluding hydrogens is 448 g/mol. The molecule has 1 aliphatic heterocycles. The second-order valence-electron chi connectivity index (χ2n) is 6.76. The number of carbonyl (C=O) groups is 2. The lowest BCUT2D eigenvalue weighted by atomic mass is 10.2. The molecule has 2 N–H and O–H groups in total. The van der Waals surface area contributed by atoms with Gasteiger partial charge in [-0.3, -0.25) is 4.79 Å². The predicted molar refractivity (Wildman–Crippen MR) is 126 cm³/mol. The summed E-state index contributed by atoms with van der Waals surface area (Å²) < 4.78 is 5.95. The number of aromatic carboxylic acids is 1. The Labute approximate surface area is 193 Å². The highest BCUT2D eigenvalue weighted by molar-refractivity contribution is 8.18. The SMILES string of the molecule is O=C1NC(=Nc2ccccc2C(=O)O)SC1=Cc1ccccc1OCc1ccc(Cl)cc1. The van der Waals surface area contributed by atoms with Gasteiger partial charge in [-0.05, 0) is 53.7 Å². The van der Waals surface area contributed by atoms with Gasteiger partial charge < -0.3 is 15.2 Å². The Bertz CT molecular complexity index is 1240. The van der Waals surface area contributed by atoms with Crippen molar-refractivity contribution in [2.75, 3.05) is 0 Å². The summed E-state index contributed by atoms with van der Waals surface area (Å²) in [6.07, 6.45) is 1.73. The number of carboxylic acids is 1. The summed E-state index contributed by atoms with van der Waals surface area (Å²) in [4.78, 5) is 28.6. The Hall–Kier alpha value is -3.55. The fraction of sp³-hybridized carbons (Fsp3) is 0.0417. The molecule has 1 heterocycles. The van der Waals surface area contributed by atoms with Crippen molar-refractivity contribution in [3.05, 3.63) is 99.4 Å². The topological polar surface area (TPSA) is 88.0 Å². The van der Waals surface area contributed by atoms with Crippen LogP contribution < -0.4 is 10.1 Å². The number of hydrogen-bond donors (Lipinski definition) is 2. The molecule has 1 saturated heterocycles. The Morgan fingerprint density at radius 3 is 2.56 bits per heavy atom. The number of halogens is 1. The molecule has 6 nitrogen and oxygen atoms in total. The number of aliphatic imine (C=N–C) groups is 1. The number of rotatable bonds is 6. The fourth-order valence-electron chi connectivity index (χ4n) is 2.96. The van der Waals surface area contributed by atoms with Crippen molar-refractivity contribution in [3.63, 3.8) is 0 Å². The lowest BCUT2D eigenvalue weighted by molar-refractivity contribution is -0.115. The molecule has 32 heavy (non-hydrogen) atoms. The van der Waals surface area contributed by atoms with Crippen molar-refractivity contribution in [2.45, 2.75) is 6.61 Å². The number of amides is 1. The van der Waals surface area contributed by atoms with Crippen molar-refractivity contribution in [3.8, 4) is 5.75 Å². The summed E-state index contributed by atoms with van der Waals surface area (Å²) >= 11 is 7.06. The summed E-state index contributed by atoms with van der Waals surface area (Å²) in [5.41, 5.74) is 2.05. The number of para-hydroxylation sites is 2. The first-order chi connectivity index (χ1) is 15.5. The Morgan fingerprint density at radius 2 is 1.78 bits per heavy atom. The average Bonchev–Trinajstić information content (AvgIpc) is 3.13. The second kappa shape index (κ2) is 9.72. The van der Waals surface area contributed by atoms with Crippen molar-refractivity contribution in [1.82, 2.24) is 5.32 Å². The number of carboxylic acid groups (broad SMARTS) is 1. The third-order valence-electron chi connectivity index (χ3n) is 4.52. The van der Waals surface area contributed by atoms with Gasteiger partial charge in [-0.15, -0.1) is 0 Å². The highest BCUT2D eigenvalue weighted by atomic mass is 35.5. The standard InChI is InChI=1S/C24H17ClN2O4S/c25-17-11-9-15(10-12-17)14-31-20-8-4-1-5-16(20)13-21-22(28)27-24(32-21)26-19-7-3-2-6-18(19)23(29)30/h1-13H,14H2,(H,29,30)(H,26,27,28). The molecule has 3 aromatic carbocycles. The third kappa shape index (κ3) is 5.19. The van der Waals surface area contributed by atoms with Crippen LogP contribution in [0.3, 0.4) is 0 Å². The zero-order chi connectivity index (χ0) is 22.5. The average molecular weight is 465 g/mol. The number of amidine groups is 1. The van der Waals surface area contributed by atoms with Gasteiger partial charge in [0.05, 0.1) is 16.2 Å². The van der Waals surface area contributed by atoms with Crippen molar-refractivity contribution >= 4 is 52.2 Å². The quantitative estimate of drug-likeness (QED) is 0.470. The summed E-state index contributed by atoms with van der Waals surface area (Å²) in [6, 6.07) is 21.2. The van der Waals surface area contributed by atoms with Crippen LogP contribution in [0.5, 0.6) is 5.75 Å². The van der Waals surface area contributed by atoms with Crippen LogP contribution in [0.1, 0.15) is 21.5 Å². The lowest BCUT2D eigenvalue weighted by Gasteiger charge is -2.09. The lowest BCUT2D eigenvalue weighted by Crippen LogP contribution is -2.19. The number of nitrogens with zero attached hydrogens (tertiary/aromatic N) is 1. The smallest absolute Gasteiger partial charge is 0.337 e. The summed E-state index contributed by atoms with van der Waals surface area (Å²) in [6.45, 7) is 0.357. The molecule has 160 valence electrons. The molecule has 1 aliphatic rings. The molecule has 0 bridgehead atoms. The highest BCUT2D eigenvalue weighted by Crippen LogP contribution is 2.31. The van der Waals surface area contributed by atoms with Crippen LogP contribution in [0.15, 0.2) is 82.7 Å². The monoisotopic (exact) mass is 464 g/mol. The van der Waals surface area contributed by atoms with E-state index in [1.54, 1.807) is 36.4 Å². The Balaban J connectivity index is 1.54. The van der Waals surface area contributed by atoms with E-state index in [2.05, 4.69) is 10.3 Å². The molecule has 0 atom stereocenters. The van der Waals surface area contributed by atoms with Gasteiger partial charge in [0, 0.05) is 10.6 Å². The third-order valence-corrected chi connectivity index (χ3v) is 5.68. The fourth-order valence-corrected chi connectivity index (χ4v) is 3.91. The highest BCUT2D eigenvalue weighted by Gasteiger charge is 2.25. The maximum absolute atomic E-state index is 12.5. The molecule has 0 aliphatic carbocycles. The number of hydrogen-bond acceptors (Lipinski definition) is 5. The van der Waals surface area contributed by atoms with E-state index in [1.165, 1.54) is 6.07 Å². The molecular formula is C24H17ClN2O4S. The van der Waals surface area contributed by atoms with Crippen LogP contribution >= 0.6 is 23.4 Å². The van der Waals surface area contributed by atoms with Crippen LogP contribution in [0.2, 0.25) is 5.02 Å². The van der Waals surface area contributed by atoms with Gasteiger partial charge in [-0.2, -0.15) is 0 Å². The molecule has 0 spiro atoms. The van der Waals surface area contributed by atoms with Crippen molar-refractivity contribution in [2.24, 2.45) is 4.99 Å². The van der Waals surface area contributed by atoms with E-state index in [4.69, 9.17) is 16.3 Å². The molecule has 1 fully saturated rings. The Morgan fingerprint density at radius 1 is 1.06 bits per heavy atom. The van der Waals surface area contributed by atoms with Crippen LogP contribution in [-0.4, -0.2) is 22.2 Å². The van der Waals surface area contributed by atoms with Crippen molar-refractivity contribution in [1.29, 1.82) is 0 Å². The number of ether oxygens (including phenoxy) is 1. The molecule has 8 heteroatoms. The van der Waals surface area contributed by atoms with Crippen LogP contribution in [-0.2, 0) is 11.4 Å². The summed E-state index contributed by atoms with van der Waals surface area (Å²) in [5, 5.41) is 13.0. The largest absolute Gasteiger partial charge is 0.488 e. The minimum absolute atomic E-state index is 0.0632. The van der Waals surface area contributed by atoms with Crippen molar-refractivity contribution < 1.29 is 19.4 Å². The van der Waals surface area contributed by atoms with Gasteiger partial charge >= 0.3 is 5.97 Å². The zero-order valence-electron chi connectivity index (χ0n) is 16.6. The van der Waals surface area contributed by atoms with Gasteiger partial charge in [0.15, 0.2) is 5.17 Å². The minimum atomic E-state index is -1.08. The first kappa shape index (κ1) is 21.7. The van der Waals surface area contributed by atoms with E-state index in [9.17, 15) is 14.7 Å². The first-order valence-corrected chi connectivity index (χ1v) is 10.8. The molecule has 1 amide bonds. The van der Waals surface area contributed by atoms with Crippen LogP contribution in [0.4, 0.5) is 5.69 Å². The van der Waals surface area contributed by atoms with Gasteiger partial charge in [0.1, 0.15) is 12.4 Å². The molecule has 0 unspecified atom stereocenters. The maximum Gasteiger partial charge on any atom is 0.337 e. The van der Waals surface area contributed by atoms with E-state index in [-0.39, 0.29) is 17.2 Å². The first-order valence-electron chi connectivity index (χ1n) is 9.58. The summed E-state index contributed by atoms with van der Waals surface area (Å²) in [5.74, 6) is -0.763. The minimum Gasteiger partial charge on any atom is -0.488 e. The number of benzene rings is 3. The van der Waals surface area contributed by atoms with E-state index in [0.29, 0.717) is 27.5 Å². The summed E-state index contributed by atoms with van der Waals surface area (Å²) in [7, 11) is 0. The van der Waals surface area contributed by atoms with Crippen LogP contribution in [0.25, 0.3) is 6.08 Å². The normalized spacial score (nSPS) is 15.7. The van der Waals surface area contributed by atoms with E-state index in [0.717, 1.165) is 22.9 Å². The van der Waals surface area contributed by atoms with E-state index < -0.39 is 5.97 Å². The van der Waals surface area contributed by atoms with Gasteiger partial charge in [0.2, 0.25) is 0 Å². The van der Waals surface area contributed by atoms with Gasteiger partial charge in [-0.1, -0.05) is 54.1 Å². The molecule has 4 rings (SSSR count). The van der Waals surface area contributed by atoms with Crippen LogP contribution in [0, 0.1) is 0 Å². The van der Waals surface area contributed by atoms with Gasteiger partial charge in [0.25, 0.3) is 5.91 Å². The van der Waals surface area contributed by atoms with E-state index in [1.807, 2.05) is 36.4 Å². The van der Waals surface area contributed by atoms with Gasteiger partial charge in [-0.25, -0.2) is 9.79 Å². The predicted octanol–water partition coefficient (Wildman–Crippen LogP) is 5.51. The number of nitrogens with one attached hydrogen (secondary N) is 1. The molecule has 0 saturated carbocycles. The Kier molecular flexibility index (Phi) is 6.58. The maximum atomic E-state index is 12.5. The number of carbonyl (C=O) groups excluding carboxylic acids is 1. The molecule has 0 radical (unpaired) electrons. The zero-order valence-corrected chi connectivity index (χ0v) is 18.2. The number of thioether (sulfide) groups is 1. The molecule has 0 aromatic heterocycles.